The van der Waals surface area contributed by atoms with Gasteiger partial charge in [-0.05, 0) is 69.0 Å². The van der Waals surface area contributed by atoms with Gasteiger partial charge in [0.25, 0.3) is 0 Å². The van der Waals surface area contributed by atoms with Crippen LogP contribution < -0.4 is 5.32 Å². The molecule has 1 N–H and O–H groups in total. The van der Waals surface area contributed by atoms with Crippen LogP contribution in [0, 0.1) is 13.8 Å². The first-order chi connectivity index (χ1) is 13.9. The van der Waals surface area contributed by atoms with E-state index in [-0.39, 0.29) is 11.7 Å². The van der Waals surface area contributed by atoms with Crippen LogP contribution in [0.2, 0.25) is 0 Å². The molecule has 0 aliphatic heterocycles. The summed E-state index contributed by atoms with van der Waals surface area (Å²) in [6.07, 6.45) is 1.80. The van der Waals surface area contributed by atoms with E-state index in [1.807, 2.05) is 54.8 Å². The second-order valence-corrected chi connectivity index (χ2v) is 9.11. The zero-order valence-electron chi connectivity index (χ0n) is 16.1. The molecule has 1 heterocycles. The molecule has 0 unspecified atom stereocenters. The monoisotopic (exact) mass is 534 g/mol. The number of thioether (sulfide) groups is 1. The lowest BCUT2D eigenvalue weighted by molar-refractivity contribution is -0.113. The largest absolute Gasteiger partial charge is 0.323 e. The maximum Gasteiger partial charge on any atom is 0.234 e. The predicted octanol–water partition coefficient (Wildman–Crippen LogP) is 6.00. The fraction of sp³-hybridized carbons (Fsp3) is 0.190. The maximum absolute atomic E-state index is 12.5. The number of aryl methyl sites for hydroxylation is 2. The zero-order valence-corrected chi connectivity index (χ0v) is 20.1. The molecule has 0 spiro atoms. The van der Waals surface area contributed by atoms with E-state index in [1.165, 1.54) is 11.8 Å². The second kappa shape index (κ2) is 9.73. The van der Waals surface area contributed by atoms with Crippen molar-refractivity contribution in [3.63, 3.8) is 0 Å². The maximum atomic E-state index is 12.5. The number of amides is 1. The summed E-state index contributed by atoms with van der Waals surface area (Å²) in [5.41, 5.74) is 3.95. The van der Waals surface area contributed by atoms with Gasteiger partial charge in [-0.1, -0.05) is 42.1 Å². The molecule has 3 rings (SSSR count). The van der Waals surface area contributed by atoms with Crippen LogP contribution in [-0.4, -0.2) is 26.4 Å². The average molecular weight is 536 g/mol. The Hall–Kier alpha value is -1.90. The number of carbonyl (C=O) groups excluding carboxylic acids is 1. The minimum absolute atomic E-state index is 0.120. The number of hydrogen-bond acceptors (Lipinski definition) is 4. The van der Waals surface area contributed by atoms with Crippen LogP contribution in [0.3, 0.4) is 0 Å². The van der Waals surface area contributed by atoms with E-state index < -0.39 is 0 Å². The minimum Gasteiger partial charge on any atom is -0.323 e. The van der Waals surface area contributed by atoms with Gasteiger partial charge in [-0.25, -0.2) is 0 Å². The number of nitrogens with zero attached hydrogens (tertiary/aromatic N) is 3. The van der Waals surface area contributed by atoms with Gasteiger partial charge in [-0.2, -0.15) is 0 Å². The van der Waals surface area contributed by atoms with Crippen LogP contribution in [-0.2, 0) is 11.3 Å². The van der Waals surface area contributed by atoms with E-state index >= 15 is 0 Å². The SMILES string of the molecule is C=CCn1c(SCC(=O)Nc2c(Br)cc(C)cc2Br)nnc1-c1ccccc1C. The van der Waals surface area contributed by atoms with Gasteiger partial charge in [0, 0.05) is 21.1 Å². The third-order valence-electron chi connectivity index (χ3n) is 4.20. The summed E-state index contributed by atoms with van der Waals surface area (Å²) in [5, 5.41) is 12.3. The molecule has 1 aromatic heterocycles. The molecule has 3 aromatic rings. The number of halogens is 2. The van der Waals surface area contributed by atoms with Gasteiger partial charge in [0.2, 0.25) is 5.91 Å². The number of benzene rings is 2. The Bertz CT molecular complexity index is 1040. The van der Waals surface area contributed by atoms with Crippen molar-refractivity contribution in [1.82, 2.24) is 14.8 Å². The molecular weight excluding hydrogens is 516 g/mol. The highest BCUT2D eigenvalue weighted by molar-refractivity contribution is 9.11. The van der Waals surface area contributed by atoms with Crippen molar-refractivity contribution in [2.24, 2.45) is 0 Å². The fourth-order valence-corrected chi connectivity index (χ4v) is 5.20. The van der Waals surface area contributed by atoms with Crippen molar-refractivity contribution in [2.45, 2.75) is 25.5 Å². The Morgan fingerprint density at radius 2 is 1.90 bits per heavy atom. The highest BCUT2D eigenvalue weighted by Gasteiger charge is 2.17. The van der Waals surface area contributed by atoms with E-state index in [0.717, 1.165) is 31.5 Å². The van der Waals surface area contributed by atoms with Crippen molar-refractivity contribution < 1.29 is 4.79 Å². The zero-order chi connectivity index (χ0) is 21.0. The van der Waals surface area contributed by atoms with Crippen molar-refractivity contribution >= 4 is 55.2 Å². The summed E-state index contributed by atoms with van der Waals surface area (Å²) in [7, 11) is 0. The molecule has 1 amide bonds. The van der Waals surface area contributed by atoms with Crippen LogP contribution in [0.15, 0.2) is 63.2 Å². The van der Waals surface area contributed by atoms with E-state index in [0.29, 0.717) is 17.4 Å². The number of aromatic nitrogens is 3. The normalized spacial score (nSPS) is 10.8. The summed E-state index contributed by atoms with van der Waals surface area (Å²) >= 11 is 8.35. The summed E-state index contributed by atoms with van der Waals surface area (Å²) < 4.78 is 3.64. The van der Waals surface area contributed by atoms with Crippen LogP contribution in [0.1, 0.15) is 11.1 Å². The molecule has 0 bridgehead atoms. The number of carbonyl (C=O) groups is 1. The summed E-state index contributed by atoms with van der Waals surface area (Å²) in [6.45, 7) is 8.44. The summed E-state index contributed by atoms with van der Waals surface area (Å²) in [5.74, 6) is 0.872. The second-order valence-electron chi connectivity index (χ2n) is 6.46. The third-order valence-corrected chi connectivity index (χ3v) is 6.42. The van der Waals surface area contributed by atoms with Crippen molar-refractivity contribution in [3.05, 3.63) is 69.1 Å². The van der Waals surface area contributed by atoms with Crippen LogP contribution >= 0.6 is 43.6 Å². The predicted molar refractivity (Wildman–Crippen MR) is 126 cm³/mol. The van der Waals surface area contributed by atoms with Crippen LogP contribution in [0.5, 0.6) is 0 Å². The lowest BCUT2D eigenvalue weighted by atomic mass is 10.1. The molecule has 5 nitrogen and oxygen atoms in total. The lowest BCUT2D eigenvalue weighted by Crippen LogP contribution is -2.15. The van der Waals surface area contributed by atoms with Gasteiger partial charge in [0.05, 0.1) is 11.4 Å². The van der Waals surface area contributed by atoms with Crippen molar-refractivity contribution in [2.75, 3.05) is 11.1 Å². The van der Waals surface area contributed by atoms with Gasteiger partial charge in [0.1, 0.15) is 0 Å². The summed E-state index contributed by atoms with van der Waals surface area (Å²) in [4.78, 5) is 12.5. The molecule has 0 saturated carbocycles. The molecule has 0 fully saturated rings. The standard InChI is InChI=1S/C21H20Br2N4OS/c1-4-9-27-20(15-8-6-5-7-14(15)3)25-26-21(27)29-12-18(28)24-19-16(22)10-13(2)11-17(19)23/h4-8,10-11H,1,9,12H2,2-3H3,(H,24,28). The average Bonchev–Trinajstić information content (AvgIpc) is 3.06. The number of rotatable bonds is 7. The molecule has 0 aliphatic rings. The molecule has 0 radical (unpaired) electrons. The first-order valence-corrected chi connectivity index (χ1v) is 11.5. The summed E-state index contributed by atoms with van der Waals surface area (Å²) in [6, 6.07) is 12.0. The van der Waals surface area contributed by atoms with Crippen molar-refractivity contribution in [3.8, 4) is 11.4 Å². The van der Waals surface area contributed by atoms with E-state index in [1.54, 1.807) is 6.08 Å². The molecule has 150 valence electrons. The molecule has 0 saturated heterocycles. The Morgan fingerprint density at radius 1 is 1.21 bits per heavy atom. The molecule has 8 heteroatoms. The van der Waals surface area contributed by atoms with Gasteiger partial charge in [-0.15, -0.1) is 16.8 Å². The Morgan fingerprint density at radius 3 is 2.55 bits per heavy atom. The minimum atomic E-state index is -0.120. The highest BCUT2D eigenvalue weighted by Crippen LogP contribution is 2.33. The molecule has 2 aromatic carbocycles. The molecular formula is C21H20Br2N4OS. The number of hydrogen-bond donors (Lipinski definition) is 1. The Labute approximate surface area is 191 Å². The van der Waals surface area contributed by atoms with E-state index in [9.17, 15) is 4.79 Å². The van der Waals surface area contributed by atoms with E-state index in [2.05, 4.69) is 54.0 Å². The Balaban J connectivity index is 1.76. The molecule has 0 atom stereocenters. The first kappa shape index (κ1) is 21.8. The van der Waals surface area contributed by atoms with Gasteiger partial charge in [0.15, 0.2) is 11.0 Å². The fourth-order valence-electron chi connectivity index (χ4n) is 2.84. The number of nitrogens with one attached hydrogen (secondary N) is 1. The molecule has 29 heavy (non-hydrogen) atoms. The quantitative estimate of drug-likeness (QED) is 0.297. The van der Waals surface area contributed by atoms with E-state index in [4.69, 9.17) is 0 Å². The first-order valence-electron chi connectivity index (χ1n) is 8.89. The van der Waals surface area contributed by atoms with Gasteiger partial charge >= 0.3 is 0 Å². The van der Waals surface area contributed by atoms with Gasteiger partial charge in [-0.3, -0.25) is 9.36 Å². The number of allylic oxidation sites excluding steroid dienone is 1. The van der Waals surface area contributed by atoms with Crippen LogP contribution in [0.4, 0.5) is 5.69 Å². The number of anilines is 1. The van der Waals surface area contributed by atoms with Crippen molar-refractivity contribution in [1.29, 1.82) is 0 Å². The third kappa shape index (κ3) is 5.18. The topological polar surface area (TPSA) is 59.8 Å². The Kier molecular flexibility index (Phi) is 7.32. The smallest absolute Gasteiger partial charge is 0.234 e. The van der Waals surface area contributed by atoms with Gasteiger partial charge < -0.3 is 5.32 Å². The highest BCUT2D eigenvalue weighted by atomic mass is 79.9. The molecule has 0 aliphatic carbocycles. The van der Waals surface area contributed by atoms with Crippen LogP contribution in [0.25, 0.3) is 11.4 Å². The lowest BCUT2D eigenvalue weighted by Gasteiger charge is -2.11.